The molecule has 2 unspecified atom stereocenters. The summed E-state index contributed by atoms with van der Waals surface area (Å²) in [7, 11) is 0. The molecule has 1 saturated carbocycles. The smallest absolute Gasteiger partial charge is 0.246 e. The topological polar surface area (TPSA) is 38.3 Å². The Morgan fingerprint density at radius 2 is 2.31 bits per heavy atom. The summed E-state index contributed by atoms with van der Waals surface area (Å²) in [5.41, 5.74) is 0. The second kappa shape index (κ2) is 5.22. The number of amides is 1. The van der Waals surface area contributed by atoms with Gasteiger partial charge in [-0.15, -0.1) is 0 Å². The van der Waals surface area contributed by atoms with Gasteiger partial charge in [-0.25, -0.2) is 0 Å². The van der Waals surface area contributed by atoms with Gasteiger partial charge >= 0.3 is 0 Å². The summed E-state index contributed by atoms with van der Waals surface area (Å²) in [5, 5.41) is 3.00. The van der Waals surface area contributed by atoms with Gasteiger partial charge in [0.25, 0.3) is 0 Å². The highest BCUT2D eigenvalue weighted by Crippen LogP contribution is 2.24. The van der Waals surface area contributed by atoms with Gasteiger partial charge in [-0.05, 0) is 25.7 Å². The molecule has 0 aromatic carbocycles. The van der Waals surface area contributed by atoms with Gasteiger partial charge in [0.05, 0.1) is 0 Å². The van der Waals surface area contributed by atoms with Crippen LogP contribution in [0.5, 0.6) is 0 Å². The highest BCUT2D eigenvalue weighted by atomic mass is 16.5. The third-order valence-corrected chi connectivity index (χ3v) is 2.65. The van der Waals surface area contributed by atoms with Crippen LogP contribution in [0, 0.1) is 5.92 Å². The van der Waals surface area contributed by atoms with Crippen LogP contribution in [0.2, 0.25) is 0 Å². The molecule has 13 heavy (non-hydrogen) atoms. The Bertz CT molecular complexity index is 170. The van der Waals surface area contributed by atoms with Crippen molar-refractivity contribution in [3.63, 3.8) is 0 Å². The molecule has 2 atom stereocenters. The van der Waals surface area contributed by atoms with Gasteiger partial charge in [-0.2, -0.15) is 0 Å². The van der Waals surface area contributed by atoms with E-state index in [2.05, 4.69) is 12.2 Å². The number of rotatable bonds is 4. The molecule has 1 rings (SSSR count). The minimum Gasteiger partial charge on any atom is -0.372 e. The third-order valence-electron chi connectivity index (χ3n) is 2.65. The highest BCUT2D eigenvalue weighted by molar-refractivity contribution is 5.77. The van der Waals surface area contributed by atoms with E-state index in [4.69, 9.17) is 4.74 Å². The molecule has 0 radical (unpaired) electrons. The van der Waals surface area contributed by atoms with Crippen molar-refractivity contribution in [2.45, 2.75) is 39.2 Å². The van der Waals surface area contributed by atoms with E-state index in [1.165, 1.54) is 12.8 Å². The van der Waals surface area contributed by atoms with E-state index in [-0.39, 0.29) is 12.5 Å². The monoisotopic (exact) mass is 185 g/mol. The fourth-order valence-corrected chi connectivity index (χ4v) is 1.80. The summed E-state index contributed by atoms with van der Waals surface area (Å²) in [6.07, 6.45) is 3.60. The zero-order chi connectivity index (χ0) is 9.68. The highest BCUT2D eigenvalue weighted by Gasteiger charge is 2.24. The molecule has 3 heteroatoms. The van der Waals surface area contributed by atoms with Crippen molar-refractivity contribution in [1.82, 2.24) is 5.32 Å². The summed E-state index contributed by atoms with van der Waals surface area (Å²) in [4.78, 5) is 11.3. The normalized spacial score (nSPS) is 27.5. The van der Waals surface area contributed by atoms with Gasteiger partial charge in [0, 0.05) is 12.6 Å². The van der Waals surface area contributed by atoms with Crippen molar-refractivity contribution in [2.75, 3.05) is 13.2 Å². The van der Waals surface area contributed by atoms with Crippen LogP contribution in [-0.4, -0.2) is 25.2 Å². The lowest BCUT2D eigenvalue weighted by molar-refractivity contribution is -0.126. The Balaban J connectivity index is 2.19. The predicted molar refractivity (Wildman–Crippen MR) is 51.4 cm³/mol. The Morgan fingerprint density at radius 1 is 1.54 bits per heavy atom. The van der Waals surface area contributed by atoms with Crippen LogP contribution >= 0.6 is 0 Å². The number of ether oxygens (including phenoxy) is 1. The van der Waals surface area contributed by atoms with Crippen molar-refractivity contribution >= 4 is 5.91 Å². The van der Waals surface area contributed by atoms with E-state index in [1.54, 1.807) is 0 Å². The zero-order valence-electron chi connectivity index (χ0n) is 8.51. The molecular formula is C10H19NO2. The molecule has 0 aromatic rings. The predicted octanol–water partition coefficient (Wildman–Crippen LogP) is 1.33. The standard InChI is InChI=1S/C10H19NO2/c1-3-13-7-10(12)11-9-6-4-5-8(9)2/h8-9H,3-7H2,1-2H3,(H,11,12). The fourth-order valence-electron chi connectivity index (χ4n) is 1.80. The number of hydrogen-bond acceptors (Lipinski definition) is 2. The van der Waals surface area contributed by atoms with E-state index >= 15 is 0 Å². The molecule has 1 aliphatic carbocycles. The molecule has 0 aromatic heterocycles. The van der Waals surface area contributed by atoms with E-state index in [1.807, 2.05) is 6.92 Å². The molecule has 0 saturated heterocycles. The number of nitrogens with one attached hydrogen (secondary N) is 1. The molecule has 76 valence electrons. The van der Waals surface area contributed by atoms with E-state index in [0.29, 0.717) is 18.6 Å². The molecule has 1 aliphatic rings. The first kappa shape index (κ1) is 10.5. The van der Waals surface area contributed by atoms with Gasteiger partial charge in [-0.3, -0.25) is 4.79 Å². The summed E-state index contributed by atoms with van der Waals surface area (Å²) < 4.78 is 5.03. The molecule has 1 amide bonds. The van der Waals surface area contributed by atoms with Gasteiger partial charge in [0.1, 0.15) is 6.61 Å². The molecule has 1 N–H and O–H groups in total. The first-order valence-electron chi connectivity index (χ1n) is 5.11. The Labute approximate surface area is 79.8 Å². The molecule has 0 spiro atoms. The van der Waals surface area contributed by atoms with Gasteiger partial charge < -0.3 is 10.1 Å². The van der Waals surface area contributed by atoms with E-state index < -0.39 is 0 Å². The lowest BCUT2D eigenvalue weighted by Crippen LogP contribution is -2.38. The summed E-state index contributed by atoms with van der Waals surface area (Å²) >= 11 is 0. The molecule has 0 bridgehead atoms. The third kappa shape index (κ3) is 3.35. The molecule has 3 nitrogen and oxygen atoms in total. The molecule has 0 aliphatic heterocycles. The van der Waals surface area contributed by atoms with Crippen molar-refractivity contribution in [2.24, 2.45) is 5.92 Å². The van der Waals surface area contributed by atoms with Crippen molar-refractivity contribution < 1.29 is 9.53 Å². The zero-order valence-corrected chi connectivity index (χ0v) is 8.51. The summed E-state index contributed by atoms with van der Waals surface area (Å²) in [5.74, 6) is 0.658. The maximum absolute atomic E-state index is 11.3. The fraction of sp³-hybridized carbons (Fsp3) is 0.900. The Kier molecular flexibility index (Phi) is 4.22. The molecular weight excluding hydrogens is 166 g/mol. The van der Waals surface area contributed by atoms with E-state index in [9.17, 15) is 4.79 Å². The number of carbonyl (C=O) groups excluding carboxylic acids is 1. The summed E-state index contributed by atoms with van der Waals surface area (Å²) in [6.45, 7) is 4.90. The van der Waals surface area contributed by atoms with Crippen molar-refractivity contribution in [3.8, 4) is 0 Å². The van der Waals surface area contributed by atoms with Crippen LogP contribution in [0.3, 0.4) is 0 Å². The van der Waals surface area contributed by atoms with Crippen LogP contribution in [-0.2, 0) is 9.53 Å². The first-order valence-corrected chi connectivity index (χ1v) is 5.11. The Morgan fingerprint density at radius 3 is 2.85 bits per heavy atom. The van der Waals surface area contributed by atoms with Gasteiger partial charge in [0.2, 0.25) is 5.91 Å². The minimum atomic E-state index is 0.0283. The average Bonchev–Trinajstić information content (AvgIpc) is 2.48. The van der Waals surface area contributed by atoms with Gasteiger partial charge in [0.15, 0.2) is 0 Å². The van der Waals surface area contributed by atoms with Crippen LogP contribution in [0.15, 0.2) is 0 Å². The van der Waals surface area contributed by atoms with Gasteiger partial charge in [-0.1, -0.05) is 13.3 Å². The second-order valence-electron chi connectivity index (χ2n) is 3.72. The number of carbonyl (C=O) groups is 1. The SMILES string of the molecule is CCOCC(=O)NC1CCCC1C. The molecule has 1 fully saturated rings. The quantitative estimate of drug-likeness (QED) is 0.717. The van der Waals surface area contributed by atoms with Crippen LogP contribution in [0.1, 0.15) is 33.1 Å². The number of hydrogen-bond donors (Lipinski definition) is 1. The maximum atomic E-state index is 11.3. The van der Waals surface area contributed by atoms with Crippen molar-refractivity contribution in [3.05, 3.63) is 0 Å². The maximum Gasteiger partial charge on any atom is 0.246 e. The average molecular weight is 185 g/mol. The minimum absolute atomic E-state index is 0.0283. The second-order valence-corrected chi connectivity index (χ2v) is 3.72. The summed E-state index contributed by atoms with van der Waals surface area (Å²) in [6, 6.07) is 0.382. The molecule has 0 heterocycles. The Hall–Kier alpha value is -0.570. The van der Waals surface area contributed by atoms with Crippen LogP contribution < -0.4 is 5.32 Å². The lowest BCUT2D eigenvalue weighted by Gasteiger charge is -2.16. The van der Waals surface area contributed by atoms with Crippen LogP contribution in [0.25, 0.3) is 0 Å². The lowest BCUT2D eigenvalue weighted by atomic mass is 10.1. The first-order chi connectivity index (χ1) is 6.24. The largest absolute Gasteiger partial charge is 0.372 e. The van der Waals surface area contributed by atoms with Crippen LogP contribution in [0.4, 0.5) is 0 Å². The van der Waals surface area contributed by atoms with E-state index in [0.717, 1.165) is 6.42 Å². The van der Waals surface area contributed by atoms with Crippen molar-refractivity contribution in [1.29, 1.82) is 0 Å².